The van der Waals surface area contributed by atoms with E-state index in [-0.39, 0.29) is 102 Å². The number of carboxylic acids is 1. The molecule has 32 nitrogen and oxygen atoms in total. The van der Waals surface area contributed by atoms with Crippen LogP contribution in [0.2, 0.25) is 0 Å². The number of aliphatic imine (C=N–C) groups is 2. The SMILES string of the molecule is CC[C@H](C)[C@H](NC(=O)[C@H](Cc1ccc(O)cc1)NC(=O)[C@H](CCCN=C(N)N)NC(=O)[C@@H]1CCCN1C(=O)[C@H](CCCN=C(N)N)NC(=O)[C@H](CO)NC(=O)[C@H](CO)NC(=O)CNC(=O)[C@H](CCC(N)=O)NC(=O)[C@@H](N)CCSC)C(=O)O. The molecule has 10 amide bonds. The fourth-order valence-corrected chi connectivity index (χ4v) is 8.76. The molecule has 0 radical (unpaired) electrons. The molecular weight excluding hydrogens is 1110 g/mol. The van der Waals surface area contributed by atoms with E-state index in [4.69, 9.17) is 34.4 Å². The number of carbonyl (C=O) groups excluding carboxylic acids is 10. The van der Waals surface area contributed by atoms with E-state index in [9.17, 15) is 73.2 Å². The van der Waals surface area contributed by atoms with E-state index < -0.39 is 145 Å². The van der Waals surface area contributed by atoms with Gasteiger partial charge < -0.3 is 102 Å². The second-order valence-electron chi connectivity index (χ2n) is 19.6. The standard InChI is InChI=1S/C50H83N17O15S/c1-4-26(2)39(48(81)82)66-43(76)33(22-27-11-13-28(70)14-12-27)64-42(75)30(8-5-18-57-49(53)54)62-46(79)36-10-7-20-67(36)47(80)32(9-6-19-58-50(55)56)63-45(78)35(25-69)65-44(77)34(24-68)60-38(72)23-59-41(74)31(15-16-37(52)71)61-40(73)29(51)17-21-83-3/h11-14,26,29-36,39,68-70H,4-10,15-25,51H2,1-3H3,(H2,52,71)(H,59,74)(H,60,72)(H,61,73)(H,62,79)(H,63,78)(H,64,75)(H,65,77)(H,66,76)(H,81,82)(H4,53,54,57)(H4,55,56,58)/t26-,29-,30-,31-,32-,33-,34-,35-,36-,39-/m0/s1. The molecule has 0 bridgehead atoms. The van der Waals surface area contributed by atoms with Crippen molar-refractivity contribution in [1.29, 1.82) is 0 Å². The van der Waals surface area contributed by atoms with Gasteiger partial charge in [-0.3, -0.25) is 57.9 Å². The highest BCUT2D eigenvalue weighted by atomic mass is 32.2. The summed E-state index contributed by atoms with van der Waals surface area (Å²) in [5.41, 5.74) is 33.6. The second kappa shape index (κ2) is 37.1. The Labute approximate surface area is 484 Å². The smallest absolute Gasteiger partial charge is 0.326 e. The number of aliphatic hydroxyl groups excluding tert-OH is 2. The highest BCUT2D eigenvalue weighted by Gasteiger charge is 2.40. The summed E-state index contributed by atoms with van der Waals surface area (Å²) in [6.07, 6.45) is 1.96. The summed E-state index contributed by atoms with van der Waals surface area (Å²) in [5.74, 6) is -11.0. The number of benzene rings is 1. The minimum Gasteiger partial charge on any atom is -0.508 e. The van der Waals surface area contributed by atoms with Crippen LogP contribution in [-0.4, -0.2) is 208 Å². The number of thioether (sulfide) groups is 1. The lowest BCUT2D eigenvalue weighted by Crippen LogP contribution is -2.60. The molecule has 0 aliphatic carbocycles. The monoisotopic (exact) mass is 1190 g/mol. The number of phenols is 1. The van der Waals surface area contributed by atoms with E-state index in [0.29, 0.717) is 17.7 Å². The summed E-state index contributed by atoms with van der Waals surface area (Å²) < 4.78 is 0. The molecule has 0 saturated carbocycles. The average molecular weight is 1190 g/mol. The van der Waals surface area contributed by atoms with Crippen molar-refractivity contribution in [1.82, 2.24) is 47.4 Å². The maximum Gasteiger partial charge on any atom is 0.326 e. The fraction of sp³-hybridized carbons (Fsp3) is 0.620. The lowest BCUT2D eigenvalue weighted by atomic mass is 9.98. The Morgan fingerprint density at radius 3 is 1.73 bits per heavy atom. The lowest BCUT2D eigenvalue weighted by molar-refractivity contribution is -0.144. The quantitative estimate of drug-likeness (QED) is 0.0166. The van der Waals surface area contributed by atoms with Gasteiger partial charge in [-0.25, -0.2) is 4.79 Å². The van der Waals surface area contributed by atoms with Crippen LogP contribution in [-0.2, 0) is 59.2 Å². The Morgan fingerprint density at radius 1 is 0.675 bits per heavy atom. The first-order valence-corrected chi connectivity index (χ1v) is 28.2. The van der Waals surface area contributed by atoms with Gasteiger partial charge >= 0.3 is 5.97 Å². The van der Waals surface area contributed by atoms with Gasteiger partial charge in [0.05, 0.1) is 25.8 Å². The summed E-state index contributed by atoms with van der Waals surface area (Å²) in [5, 5.41) is 59.5. The van der Waals surface area contributed by atoms with Crippen molar-refractivity contribution in [3.63, 3.8) is 0 Å². The Morgan fingerprint density at radius 2 is 1.19 bits per heavy atom. The first-order valence-electron chi connectivity index (χ1n) is 26.8. The molecule has 1 aromatic carbocycles. The summed E-state index contributed by atoms with van der Waals surface area (Å²) in [6, 6.07) is -7.10. The number of primary amides is 1. The van der Waals surface area contributed by atoms with Gasteiger partial charge in [0.2, 0.25) is 59.1 Å². The molecule has 1 fully saturated rings. The largest absolute Gasteiger partial charge is 0.508 e. The number of aromatic hydroxyl groups is 1. The van der Waals surface area contributed by atoms with Gasteiger partial charge in [0, 0.05) is 32.5 Å². The third-order valence-electron chi connectivity index (χ3n) is 13.1. The number of aliphatic carboxylic acids is 1. The number of amides is 10. The zero-order valence-electron chi connectivity index (χ0n) is 46.8. The number of phenolic OH excluding ortho intramolecular Hbond substituents is 1. The molecule has 33 heteroatoms. The van der Waals surface area contributed by atoms with Crippen LogP contribution in [0, 0.1) is 5.92 Å². The summed E-state index contributed by atoms with van der Waals surface area (Å²) in [7, 11) is 0. The number of carbonyl (C=O) groups is 11. The van der Waals surface area contributed by atoms with Crippen molar-refractivity contribution in [2.45, 2.75) is 139 Å². The molecule has 1 saturated heterocycles. The van der Waals surface area contributed by atoms with Crippen LogP contribution in [0.1, 0.15) is 83.6 Å². The molecule has 0 spiro atoms. The Kier molecular flexibility index (Phi) is 31.8. The van der Waals surface area contributed by atoms with Crippen LogP contribution in [0.4, 0.5) is 0 Å². The van der Waals surface area contributed by atoms with Crippen molar-refractivity contribution in [2.75, 3.05) is 51.4 Å². The highest BCUT2D eigenvalue weighted by molar-refractivity contribution is 7.98. The minimum absolute atomic E-state index is 0.00862. The van der Waals surface area contributed by atoms with E-state index in [1.54, 1.807) is 20.1 Å². The third kappa shape index (κ3) is 25.7. The van der Waals surface area contributed by atoms with Crippen molar-refractivity contribution < 1.29 is 73.2 Å². The number of nitrogens with one attached hydrogen (secondary N) is 8. The molecule has 2 rings (SSSR count). The van der Waals surface area contributed by atoms with Crippen molar-refractivity contribution in [3.8, 4) is 5.75 Å². The van der Waals surface area contributed by atoms with Gasteiger partial charge in [-0.15, -0.1) is 0 Å². The van der Waals surface area contributed by atoms with Crippen LogP contribution >= 0.6 is 11.8 Å². The molecule has 0 unspecified atom stereocenters. The number of aliphatic hydroxyl groups is 2. The first-order chi connectivity index (χ1) is 39.3. The van der Waals surface area contributed by atoms with Crippen LogP contribution in [0.15, 0.2) is 34.3 Å². The van der Waals surface area contributed by atoms with Crippen LogP contribution < -0.4 is 76.9 Å². The van der Waals surface area contributed by atoms with E-state index in [1.807, 2.05) is 0 Å². The predicted octanol–water partition coefficient (Wildman–Crippen LogP) is -7.00. The van der Waals surface area contributed by atoms with Gasteiger partial charge in [-0.1, -0.05) is 32.4 Å². The van der Waals surface area contributed by atoms with Crippen LogP contribution in [0.25, 0.3) is 0 Å². The van der Waals surface area contributed by atoms with E-state index in [1.165, 1.54) is 36.0 Å². The summed E-state index contributed by atoms with van der Waals surface area (Å²) in [6.45, 7) is 0.376. The minimum atomic E-state index is -1.82. The molecule has 83 heavy (non-hydrogen) atoms. The lowest BCUT2D eigenvalue weighted by Gasteiger charge is -2.31. The average Bonchev–Trinajstić information content (AvgIpc) is 3.99. The highest BCUT2D eigenvalue weighted by Crippen LogP contribution is 2.21. The number of guanidine groups is 2. The fourth-order valence-electron chi connectivity index (χ4n) is 8.27. The maximum atomic E-state index is 14.5. The van der Waals surface area contributed by atoms with Gasteiger partial charge in [0.1, 0.15) is 54.1 Å². The predicted molar refractivity (Wildman–Crippen MR) is 304 cm³/mol. The zero-order chi connectivity index (χ0) is 62.3. The van der Waals surface area contributed by atoms with Crippen LogP contribution in [0.3, 0.4) is 0 Å². The Balaban J connectivity index is 2.35. The summed E-state index contributed by atoms with van der Waals surface area (Å²) >= 11 is 1.44. The normalized spacial score (nSPS) is 16.0. The van der Waals surface area contributed by atoms with Crippen molar-refractivity contribution in [2.24, 2.45) is 50.3 Å². The van der Waals surface area contributed by atoms with Gasteiger partial charge in [0.25, 0.3) is 0 Å². The molecule has 0 aromatic heterocycles. The molecule has 1 aromatic rings. The number of nitrogens with two attached hydrogens (primary N) is 6. The number of carboxylic acid groups (broad SMARTS) is 1. The van der Waals surface area contributed by atoms with E-state index in [2.05, 4.69) is 52.5 Å². The summed E-state index contributed by atoms with van der Waals surface area (Å²) in [4.78, 5) is 155. The second-order valence-corrected chi connectivity index (χ2v) is 20.6. The van der Waals surface area contributed by atoms with E-state index in [0.717, 1.165) is 4.90 Å². The van der Waals surface area contributed by atoms with Crippen LogP contribution in [0.5, 0.6) is 5.75 Å². The molecule has 1 aliphatic heterocycles. The number of nitrogens with zero attached hydrogens (tertiary/aromatic N) is 3. The molecule has 10 atom stereocenters. The van der Waals surface area contributed by atoms with Crippen molar-refractivity contribution in [3.05, 3.63) is 29.8 Å². The molecule has 1 heterocycles. The molecule has 24 N–H and O–H groups in total. The maximum absolute atomic E-state index is 14.5. The third-order valence-corrected chi connectivity index (χ3v) is 13.8. The van der Waals surface area contributed by atoms with Gasteiger partial charge in [-0.2, -0.15) is 11.8 Å². The zero-order valence-corrected chi connectivity index (χ0v) is 47.6. The molecular formula is C50H83N17O15S. The number of rotatable bonds is 38. The number of hydrogen-bond acceptors (Lipinski definition) is 18. The Hall–Kier alpha value is -8.04. The number of hydrogen-bond donors (Lipinski definition) is 18. The van der Waals surface area contributed by atoms with Crippen molar-refractivity contribution >= 4 is 88.7 Å². The topological polar surface area (TPSA) is 549 Å². The molecule has 464 valence electrons. The van der Waals surface area contributed by atoms with Gasteiger partial charge in [-0.05, 0) is 87.0 Å². The molecule has 1 aliphatic rings. The van der Waals surface area contributed by atoms with E-state index >= 15 is 0 Å². The first kappa shape index (κ1) is 71.1. The number of likely N-dealkylation sites (tertiary alicyclic amines) is 1. The Bertz CT molecular complexity index is 2430. The van der Waals surface area contributed by atoms with Gasteiger partial charge in [0.15, 0.2) is 11.9 Å².